The molecule has 0 spiro atoms. The van der Waals surface area contributed by atoms with Gasteiger partial charge in [0.05, 0.1) is 16.9 Å². The van der Waals surface area contributed by atoms with Crippen molar-refractivity contribution < 1.29 is 0 Å². The summed E-state index contributed by atoms with van der Waals surface area (Å²) in [6, 6.07) is 28.9. The molecule has 0 N–H and O–H groups in total. The van der Waals surface area contributed by atoms with Crippen molar-refractivity contribution in [2.75, 3.05) is 0 Å². The van der Waals surface area contributed by atoms with Gasteiger partial charge >= 0.3 is 0 Å². The van der Waals surface area contributed by atoms with Crippen molar-refractivity contribution in [3.63, 3.8) is 0 Å². The second-order valence-corrected chi connectivity index (χ2v) is 6.40. The molecule has 0 aliphatic carbocycles. The monoisotopic (exact) mass is 335 g/mol. The first-order chi connectivity index (χ1) is 12.8. The molecule has 5 aromatic rings. The van der Waals surface area contributed by atoms with Gasteiger partial charge in [-0.05, 0) is 6.07 Å². The molecule has 26 heavy (non-hydrogen) atoms. The Kier molecular flexibility index (Phi) is 3.32. The molecule has 0 aliphatic heterocycles. The number of nitrogens with zero attached hydrogens (tertiary/aromatic N) is 3. The van der Waals surface area contributed by atoms with Crippen molar-refractivity contribution in [2.24, 2.45) is 7.05 Å². The largest absolute Gasteiger partial charge is 0.327 e. The highest BCUT2D eigenvalue weighted by Gasteiger charge is 2.17. The van der Waals surface area contributed by atoms with Crippen LogP contribution in [0.15, 0.2) is 84.9 Å². The minimum Gasteiger partial charge on any atom is -0.327 e. The van der Waals surface area contributed by atoms with Crippen molar-refractivity contribution in [3.05, 3.63) is 84.9 Å². The molecule has 2 aromatic heterocycles. The molecule has 0 bridgehead atoms. The molecule has 0 amide bonds. The van der Waals surface area contributed by atoms with E-state index in [1.165, 1.54) is 0 Å². The van der Waals surface area contributed by atoms with Gasteiger partial charge in [-0.15, -0.1) is 0 Å². The van der Waals surface area contributed by atoms with Crippen molar-refractivity contribution in [1.82, 2.24) is 14.5 Å². The van der Waals surface area contributed by atoms with Crippen molar-refractivity contribution in [1.29, 1.82) is 0 Å². The van der Waals surface area contributed by atoms with Crippen LogP contribution >= 0.6 is 0 Å². The number of hydrogen-bond donors (Lipinski definition) is 0. The Hall–Kier alpha value is -3.46. The van der Waals surface area contributed by atoms with Crippen LogP contribution in [0.2, 0.25) is 0 Å². The van der Waals surface area contributed by atoms with Crippen LogP contribution in [0.3, 0.4) is 0 Å². The lowest BCUT2D eigenvalue weighted by molar-refractivity contribution is 0.987. The number of para-hydroxylation sites is 1. The van der Waals surface area contributed by atoms with E-state index in [1.54, 1.807) is 0 Å². The third kappa shape index (κ3) is 2.21. The molecule has 0 saturated carbocycles. The van der Waals surface area contributed by atoms with Crippen molar-refractivity contribution in [3.8, 4) is 22.5 Å². The van der Waals surface area contributed by atoms with E-state index in [0.717, 1.165) is 44.6 Å². The molecule has 0 fully saturated rings. The van der Waals surface area contributed by atoms with E-state index in [9.17, 15) is 0 Å². The van der Waals surface area contributed by atoms with Gasteiger partial charge in [-0.1, -0.05) is 78.9 Å². The molecule has 0 aliphatic rings. The Morgan fingerprint density at radius 1 is 0.615 bits per heavy atom. The molecule has 0 saturated heterocycles. The Morgan fingerprint density at radius 3 is 1.81 bits per heavy atom. The number of benzene rings is 3. The lowest BCUT2D eigenvalue weighted by atomic mass is 10.0. The summed E-state index contributed by atoms with van der Waals surface area (Å²) in [6.45, 7) is 0. The van der Waals surface area contributed by atoms with E-state index < -0.39 is 0 Å². The number of fused-ring (bicyclic) bond motifs is 3. The minimum atomic E-state index is 0.907. The number of hydrogen-bond acceptors (Lipinski definition) is 2. The van der Waals surface area contributed by atoms with E-state index in [4.69, 9.17) is 9.97 Å². The van der Waals surface area contributed by atoms with E-state index in [1.807, 2.05) is 36.4 Å². The van der Waals surface area contributed by atoms with Gasteiger partial charge in [0.15, 0.2) is 5.65 Å². The van der Waals surface area contributed by atoms with Crippen LogP contribution < -0.4 is 0 Å². The first-order valence-electron chi connectivity index (χ1n) is 8.69. The zero-order valence-electron chi connectivity index (χ0n) is 14.4. The number of rotatable bonds is 2. The number of aromatic nitrogens is 3. The number of aryl methyl sites for hydroxylation is 1. The van der Waals surface area contributed by atoms with Gasteiger partial charge in [0.2, 0.25) is 0 Å². The van der Waals surface area contributed by atoms with E-state index >= 15 is 0 Å². The zero-order valence-corrected chi connectivity index (χ0v) is 14.4. The third-order valence-corrected chi connectivity index (χ3v) is 4.81. The first kappa shape index (κ1) is 14.8. The summed E-state index contributed by atoms with van der Waals surface area (Å²) in [4.78, 5) is 10.1. The lowest BCUT2D eigenvalue weighted by Gasteiger charge is -2.09. The second kappa shape index (κ2) is 5.81. The van der Waals surface area contributed by atoms with Gasteiger partial charge in [0.1, 0.15) is 5.52 Å². The summed E-state index contributed by atoms with van der Waals surface area (Å²) in [5.74, 6) is 0. The van der Waals surface area contributed by atoms with Gasteiger partial charge in [-0.25, -0.2) is 9.97 Å². The maximum atomic E-state index is 5.09. The Bertz CT molecular complexity index is 1220. The van der Waals surface area contributed by atoms with Crippen molar-refractivity contribution >= 4 is 22.1 Å². The van der Waals surface area contributed by atoms with Crippen LogP contribution in [-0.2, 0) is 7.05 Å². The SMILES string of the molecule is Cn1c2ccccc2c2nc(-c3ccccc3)c(-c3ccccc3)nc21. The van der Waals surface area contributed by atoms with Crippen LogP contribution in [0.1, 0.15) is 0 Å². The van der Waals surface area contributed by atoms with Gasteiger partial charge in [0, 0.05) is 23.6 Å². The minimum absolute atomic E-state index is 0.907. The topological polar surface area (TPSA) is 30.7 Å². The Morgan fingerprint density at radius 2 is 1.15 bits per heavy atom. The van der Waals surface area contributed by atoms with Crippen LogP contribution in [0.25, 0.3) is 44.6 Å². The molecule has 5 rings (SSSR count). The molecule has 0 unspecified atom stereocenters. The molecule has 3 aromatic carbocycles. The molecular weight excluding hydrogens is 318 g/mol. The average molecular weight is 335 g/mol. The molecule has 3 nitrogen and oxygen atoms in total. The average Bonchev–Trinajstić information content (AvgIpc) is 3.00. The zero-order chi connectivity index (χ0) is 17.5. The van der Waals surface area contributed by atoms with E-state index in [0.29, 0.717) is 0 Å². The summed E-state index contributed by atoms with van der Waals surface area (Å²) < 4.78 is 2.12. The van der Waals surface area contributed by atoms with Gasteiger partial charge in [0.25, 0.3) is 0 Å². The highest BCUT2D eigenvalue weighted by molar-refractivity contribution is 6.05. The third-order valence-electron chi connectivity index (χ3n) is 4.81. The Labute approximate surface area is 151 Å². The summed E-state index contributed by atoms with van der Waals surface area (Å²) in [6.07, 6.45) is 0. The highest BCUT2D eigenvalue weighted by Crippen LogP contribution is 2.34. The van der Waals surface area contributed by atoms with Gasteiger partial charge < -0.3 is 4.57 Å². The molecule has 124 valence electrons. The van der Waals surface area contributed by atoms with Crippen LogP contribution in [0.4, 0.5) is 0 Å². The summed E-state index contributed by atoms with van der Waals surface area (Å²) in [5, 5.41) is 1.13. The highest BCUT2D eigenvalue weighted by atomic mass is 15.0. The lowest BCUT2D eigenvalue weighted by Crippen LogP contribution is -1.97. The molecule has 2 heterocycles. The smallest absolute Gasteiger partial charge is 0.160 e. The van der Waals surface area contributed by atoms with E-state index in [-0.39, 0.29) is 0 Å². The fraction of sp³-hybridized carbons (Fsp3) is 0.0435. The van der Waals surface area contributed by atoms with Crippen LogP contribution in [0, 0.1) is 0 Å². The molecule has 0 atom stereocenters. The Balaban J connectivity index is 1.92. The predicted octanol–water partition coefficient (Wildman–Crippen LogP) is 5.46. The first-order valence-corrected chi connectivity index (χ1v) is 8.69. The van der Waals surface area contributed by atoms with Crippen LogP contribution in [0.5, 0.6) is 0 Å². The predicted molar refractivity (Wildman–Crippen MR) is 107 cm³/mol. The molecular formula is C23H17N3. The fourth-order valence-electron chi connectivity index (χ4n) is 3.52. The summed E-state index contributed by atoms with van der Waals surface area (Å²) in [7, 11) is 2.05. The maximum Gasteiger partial charge on any atom is 0.160 e. The molecule has 3 heteroatoms. The fourth-order valence-corrected chi connectivity index (χ4v) is 3.52. The van der Waals surface area contributed by atoms with Crippen molar-refractivity contribution in [2.45, 2.75) is 0 Å². The molecule has 0 radical (unpaired) electrons. The normalized spacial score (nSPS) is 11.3. The maximum absolute atomic E-state index is 5.09. The summed E-state index contributed by atoms with van der Waals surface area (Å²) in [5.41, 5.74) is 6.98. The second-order valence-electron chi connectivity index (χ2n) is 6.40. The standard InChI is InChI=1S/C23H17N3/c1-26-19-15-9-8-14-18(19)22-23(26)25-21(17-12-6-3-7-13-17)20(24-22)16-10-4-2-5-11-16/h2-15H,1H3. The van der Waals surface area contributed by atoms with E-state index in [2.05, 4.69) is 60.1 Å². The van der Waals surface area contributed by atoms with Gasteiger partial charge in [-0.3, -0.25) is 0 Å². The van der Waals surface area contributed by atoms with Crippen LogP contribution in [-0.4, -0.2) is 14.5 Å². The van der Waals surface area contributed by atoms with Gasteiger partial charge in [-0.2, -0.15) is 0 Å². The summed E-state index contributed by atoms with van der Waals surface area (Å²) >= 11 is 0. The quantitative estimate of drug-likeness (QED) is 0.429.